The predicted molar refractivity (Wildman–Crippen MR) is 102 cm³/mol. The van der Waals surface area contributed by atoms with E-state index in [0.717, 1.165) is 22.0 Å². The summed E-state index contributed by atoms with van der Waals surface area (Å²) in [6, 6.07) is 19.1. The lowest BCUT2D eigenvalue weighted by Gasteiger charge is -2.31. The number of para-hydroxylation sites is 2. The van der Waals surface area contributed by atoms with Gasteiger partial charge in [0.05, 0.1) is 25.8 Å². The Kier molecular flexibility index (Phi) is 5.09. The molecular weight excluding hydrogens is 340 g/mol. The van der Waals surface area contributed by atoms with Crippen LogP contribution in [-0.4, -0.2) is 25.2 Å². The molecule has 1 heterocycles. The molecule has 2 aromatic carbocycles. The Morgan fingerprint density at radius 1 is 1.07 bits per heavy atom. The fourth-order valence-electron chi connectivity index (χ4n) is 3.50. The second kappa shape index (κ2) is 7.46. The monoisotopic (exact) mass is 360 g/mol. The summed E-state index contributed by atoms with van der Waals surface area (Å²) >= 11 is 0. The van der Waals surface area contributed by atoms with Gasteiger partial charge >= 0.3 is 5.97 Å². The lowest BCUT2D eigenvalue weighted by Crippen LogP contribution is -2.35. The summed E-state index contributed by atoms with van der Waals surface area (Å²) in [5.41, 5.74) is 0.901. The van der Waals surface area contributed by atoms with E-state index in [1.54, 1.807) is 20.2 Å². The number of carbonyl (C=O) groups is 1. The van der Waals surface area contributed by atoms with Crippen LogP contribution < -0.4 is 4.74 Å². The summed E-state index contributed by atoms with van der Waals surface area (Å²) in [7, 11) is 2.87. The highest BCUT2D eigenvalue weighted by molar-refractivity contribution is 5.87. The predicted octanol–water partition coefficient (Wildman–Crippen LogP) is 4.08. The van der Waals surface area contributed by atoms with E-state index in [1.807, 2.05) is 54.6 Å². The number of hydrogen-bond acceptors (Lipinski definition) is 5. The normalized spacial score (nSPS) is 14.0. The number of nitriles is 1. The number of hydrogen-bond donors (Lipinski definition) is 0. The summed E-state index contributed by atoms with van der Waals surface area (Å²) < 4.78 is 10.5. The second-order valence-electron chi connectivity index (χ2n) is 6.40. The van der Waals surface area contributed by atoms with E-state index < -0.39 is 17.3 Å². The zero-order valence-electron chi connectivity index (χ0n) is 15.5. The van der Waals surface area contributed by atoms with Gasteiger partial charge < -0.3 is 9.47 Å². The number of esters is 1. The van der Waals surface area contributed by atoms with Crippen molar-refractivity contribution in [3.05, 3.63) is 71.9 Å². The molecule has 1 aromatic heterocycles. The van der Waals surface area contributed by atoms with Crippen LogP contribution in [0.5, 0.6) is 5.75 Å². The molecule has 0 saturated heterocycles. The molecular formula is C22H20N2O3. The van der Waals surface area contributed by atoms with Crippen molar-refractivity contribution in [2.24, 2.45) is 5.41 Å². The van der Waals surface area contributed by atoms with Gasteiger partial charge in [0.1, 0.15) is 5.75 Å². The highest BCUT2D eigenvalue weighted by atomic mass is 16.5. The first-order valence-corrected chi connectivity index (χ1v) is 8.53. The second-order valence-corrected chi connectivity index (χ2v) is 6.40. The van der Waals surface area contributed by atoms with E-state index in [9.17, 15) is 10.1 Å². The Morgan fingerprint density at radius 3 is 2.48 bits per heavy atom. The molecule has 2 atom stereocenters. The summed E-state index contributed by atoms with van der Waals surface area (Å²) in [4.78, 5) is 17.1. The average Bonchev–Trinajstić information content (AvgIpc) is 2.73. The van der Waals surface area contributed by atoms with E-state index in [1.165, 1.54) is 7.11 Å². The van der Waals surface area contributed by atoms with Gasteiger partial charge in [-0.05, 0) is 30.7 Å². The first-order valence-electron chi connectivity index (χ1n) is 8.53. The number of aromatic nitrogens is 1. The number of ether oxygens (including phenoxy) is 2. The van der Waals surface area contributed by atoms with Crippen LogP contribution in [0.15, 0.2) is 60.8 Å². The highest BCUT2D eigenvalue weighted by Gasteiger charge is 2.46. The lowest BCUT2D eigenvalue weighted by atomic mass is 9.70. The summed E-state index contributed by atoms with van der Waals surface area (Å²) in [5, 5.41) is 10.9. The van der Waals surface area contributed by atoms with Crippen molar-refractivity contribution in [1.29, 1.82) is 5.26 Å². The lowest BCUT2D eigenvalue weighted by molar-refractivity contribution is -0.149. The van der Waals surface area contributed by atoms with Crippen LogP contribution >= 0.6 is 0 Å². The molecule has 3 aromatic rings. The van der Waals surface area contributed by atoms with Crippen LogP contribution in [0.25, 0.3) is 10.9 Å². The molecule has 136 valence electrons. The third-order valence-corrected chi connectivity index (χ3v) is 4.86. The van der Waals surface area contributed by atoms with E-state index in [4.69, 9.17) is 9.47 Å². The Bertz CT molecular complexity index is 1020. The fraction of sp³-hybridized carbons (Fsp3) is 0.227. The minimum absolute atomic E-state index is 0.596. The summed E-state index contributed by atoms with van der Waals surface area (Å²) in [6.07, 6.45) is 1.69. The summed E-state index contributed by atoms with van der Waals surface area (Å²) in [6.45, 7) is 1.60. The van der Waals surface area contributed by atoms with Crippen molar-refractivity contribution in [3.8, 4) is 11.8 Å². The van der Waals surface area contributed by atoms with Gasteiger partial charge in [0.25, 0.3) is 0 Å². The number of methoxy groups -OCH3 is 2. The minimum Gasteiger partial charge on any atom is -0.496 e. The fourth-order valence-corrected chi connectivity index (χ4v) is 3.50. The number of carbonyl (C=O) groups excluding carboxylic acids is 1. The third-order valence-electron chi connectivity index (χ3n) is 4.86. The Morgan fingerprint density at radius 2 is 1.78 bits per heavy atom. The van der Waals surface area contributed by atoms with Gasteiger partial charge in [0.15, 0.2) is 5.41 Å². The first-order chi connectivity index (χ1) is 13.1. The molecule has 27 heavy (non-hydrogen) atoms. The Balaban J connectivity index is 2.38. The number of pyridine rings is 1. The largest absolute Gasteiger partial charge is 0.496 e. The van der Waals surface area contributed by atoms with Crippen molar-refractivity contribution < 1.29 is 14.3 Å². The zero-order chi connectivity index (χ0) is 19.4. The van der Waals surface area contributed by atoms with Gasteiger partial charge in [-0.15, -0.1) is 0 Å². The van der Waals surface area contributed by atoms with Crippen molar-refractivity contribution in [3.63, 3.8) is 0 Å². The molecule has 5 nitrogen and oxygen atoms in total. The van der Waals surface area contributed by atoms with Gasteiger partial charge in [-0.2, -0.15) is 5.26 Å². The van der Waals surface area contributed by atoms with E-state index in [0.29, 0.717) is 5.75 Å². The Hall–Kier alpha value is -3.39. The number of rotatable bonds is 5. The van der Waals surface area contributed by atoms with Gasteiger partial charge in [0.2, 0.25) is 0 Å². The molecule has 0 aliphatic rings. The van der Waals surface area contributed by atoms with E-state index >= 15 is 0 Å². The van der Waals surface area contributed by atoms with Gasteiger partial charge in [-0.25, -0.2) is 0 Å². The SMILES string of the molecule is COC(=O)C(C)(C#N)C(c1ccccc1OC)c1ccnc2ccccc12. The molecule has 0 saturated carbocycles. The molecule has 0 bridgehead atoms. The molecule has 0 spiro atoms. The average molecular weight is 360 g/mol. The molecule has 0 amide bonds. The number of fused-ring (bicyclic) bond motifs is 1. The van der Waals surface area contributed by atoms with Crippen LogP contribution in [0.2, 0.25) is 0 Å². The molecule has 0 aliphatic heterocycles. The van der Waals surface area contributed by atoms with Crippen molar-refractivity contribution >= 4 is 16.9 Å². The number of nitrogens with zero attached hydrogens (tertiary/aromatic N) is 2. The van der Waals surface area contributed by atoms with Crippen molar-refractivity contribution in [2.45, 2.75) is 12.8 Å². The minimum atomic E-state index is -1.45. The standard InChI is InChI=1S/C22H20N2O3/c1-22(14-23,21(25)27-3)20(17-9-5-7-11-19(17)26-2)16-12-13-24-18-10-6-4-8-15(16)18/h4-13,20H,1-3H3. The molecule has 2 unspecified atom stereocenters. The third kappa shape index (κ3) is 3.11. The molecule has 3 rings (SSSR count). The van der Waals surface area contributed by atoms with Gasteiger partial charge in [0, 0.05) is 23.1 Å². The molecule has 0 fully saturated rings. The topological polar surface area (TPSA) is 72.2 Å². The van der Waals surface area contributed by atoms with Crippen LogP contribution in [-0.2, 0) is 9.53 Å². The first kappa shape index (κ1) is 18.4. The van der Waals surface area contributed by atoms with Crippen LogP contribution in [0, 0.1) is 16.7 Å². The Labute approximate surface area is 158 Å². The van der Waals surface area contributed by atoms with E-state index in [-0.39, 0.29) is 0 Å². The van der Waals surface area contributed by atoms with Gasteiger partial charge in [-0.3, -0.25) is 9.78 Å². The van der Waals surface area contributed by atoms with Crippen molar-refractivity contribution in [1.82, 2.24) is 4.98 Å². The maximum absolute atomic E-state index is 12.7. The summed E-state index contributed by atoms with van der Waals surface area (Å²) in [5.74, 6) is -0.588. The highest BCUT2D eigenvalue weighted by Crippen LogP contribution is 2.46. The smallest absolute Gasteiger partial charge is 0.326 e. The molecule has 0 radical (unpaired) electrons. The van der Waals surface area contributed by atoms with Gasteiger partial charge in [-0.1, -0.05) is 36.4 Å². The molecule has 5 heteroatoms. The molecule has 0 aliphatic carbocycles. The van der Waals surface area contributed by atoms with Crippen molar-refractivity contribution in [2.75, 3.05) is 14.2 Å². The molecule has 0 N–H and O–H groups in total. The van der Waals surface area contributed by atoms with Crippen LogP contribution in [0.3, 0.4) is 0 Å². The quantitative estimate of drug-likeness (QED) is 0.641. The maximum atomic E-state index is 12.7. The van der Waals surface area contributed by atoms with Crippen LogP contribution in [0.1, 0.15) is 24.0 Å². The zero-order valence-corrected chi connectivity index (χ0v) is 15.5. The van der Waals surface area contributed by atoms with Crippen LogP contribution in [0.4, 0.5) is 0 Å². The maximum Gasteiger partial charge on any atom is 0.326 e. The van der Waals surface area contributed by atoms with E-state index in [2.05, 4.69) is 11.1 Å². The number of benzene rings is 2.